The highest BCUT2D eigenvalue weighted by Crippen LogP contribution is 2.23. The standard InChI is InChI=1S/C13H21N3O2S/c17-13(9-15-4-1-2-5-15)10-16(6-7-18-11-13)12-14-3-8-19-12/h3,8,17H,1-2,4-7,9-11H2/t13-/m1/s1. The number of hydrogen-bond donors (Lipinski definition) is 1. The van der Waals surface area contributed by atoms with Gasteiger partial charge in [0.15, 0.2) is 5.13 Å². The fourth-order valence-electron chi connectivity index (χ4n) is 2.90. The normalized spacial score (nSPS) is 29.6. The van der Waals surface area contributed by atoms with E-state index in [4.69, 9.17) is 4.74 Å². The van der Waals surface area contributed by atoms with E-state index < -0.39 is 5.60 Å². The van der Waals surface area contributed by atoms with E-state index in [1.54, 1.807) is 11.3 Å². The minimum Gasteiger partial charge on any atom is -0.384 e. The molecule has 1 atom stereocenters. The van der Waals surface area contributed by atoms with Crippen LogP contribution in [0.5, 0.6) is 0 Å². The van der Waals surface area contributed by atoms with Crippen LogP contribution in [0.2, 0.25) is 0 Å². The highest BCUT2D eigenvalue weighted by molar-refractivity contribution is 7.13. The van der Waals surface area contributed by atoms with Crippen LogP contribution < -0.4 is 4.90 Å². The SMILES string of the molecule is O[C@@]1(CN2CCCC2)COCCN(c2nccs2)C1. The fraction of sp³-hybridized carbons (Fsp3) is 0.769. The van der Waals surface area contributed by atoms with Crippen molar-refractivity contribution in [2.24, 2.45) is 0 Å². The van der Waals surface area contributed by atoms with Crippen LogP contribution in [-0.2, 0) is 4.74 Å². The van der Waals surface area contributed by atoms with Crippen molar-refractivity contribution < 1.29 is 9.84 Å². The molecule has 1 N–H and O–H groups in total. The number of aliphatic hydroxyl groups is 1. The average molecular weight is 283 g/mol. The number of ether oxygens (including phenoxy) is 1. The molecule has 3 rings (SSSR count). The van der Waals surface area contributed by atoms with Crippen LogP contribution in [0.25, 0.3) is 0 Å². The van der Waals surface area contributed by atoms with Gasteiger partial charge in [-0.25, -0.2) is 4.98 Å². The van der Waals surface area contributed by atoms with Crippen LogP contribution in [0.3, 0.4) is 0 Å². The van der Waals surface area contributed by atoms with E-state index >= 15 is 0 Å². The zero-order valence-corrected chi connectivity index (χ0v) is 11.9. The fourth-order valence-corrected chi connectivity index (χ4v) is 3.57. The van der Waals surface area contributed by atoms with Crippen molar-refractivity contribution in [3.8, 4) is 0 Å². The van der Waals surface area contributed by atoms with Gasteiger partial charge in [0.2, 0.25) is 0 Å². The summed E-state index contributed by atoms with van der Waals surface area (Å²) in [6.45, 7) is 5.38. The molecule has 1 aromatic heterocycles. The predicted octanol–water partition coefficient (Wildman–Crippen LogP) is 0.807. The summed E-state index contributed by atoms with van der Waals surface area (Å²) >= 11 is 1.62. The molecule has 2 aliphatic rings. The lowest BCUT2D eigenvalue weighted by atomic mass is 10.0. The summed E-state index contributed by atoms with van der Waals surface area (Å²) in [6, 6.07) is 0. The van der Waals surface area contributed by atoms with Gasteiger partial charge in [-0.3, -0.25) is 0 Å². The summed E-state index contributed by atoms with van der Waals surface area (Å²) in [5, 5.41) is 13.8. The first-order valence-corrected chi connectivity index (χ1v) is 7.80. The van der Waals surface area contributed by atoms with Crippen molar-refractivity contribution in [2.45, 2.75) is 18.4 Å². The van der Waals surface area contributed by atoms with Gasteiger partial charge in [0, 0.05) is 24.7 Å². The van der Waals surface area contributed by atoms with Gasteiger partial charge in [-0.15, -0.1) is 11.3 Å². The molecule has 0 aliphatic carbocycles. The van der Waals surface area contributed by atoms with E-state index in [9.17, 15) is 5.11 Å². The molecule has 2 aliphatic heterocycles. The molecule has 3 heterocycles. The Morgan fingerprint density at radius 2 is 2.21 bits per heavy atom. The molecule has 0 amide bonds. The molecular formula is C13H21N3O2S. The Morgan fingerprint density at radius 1 is 1.37 bits per heavy atom. The summed E-state index contributed by atoms with van der Waals surface area (Å²) in [6.07, 6.45) is 4.30. The van der Waals surface area contributed by atoms with Crippen molar-refractivity contribution in [3.63, 3.8) is 0 Å². The van der Waals surface area contributed by atoms with E-state index in [2.05, 4.69) is 14.8 Å². The Bertz CT molecular complexity index is 395. The third-order valence-corrected chi connectivity index (χ3v) is 4.60. The van der Waals surface area contributed by atoms with Crippen LogP contribution in [0.15, 0.2) is 11.6 Å². The molecule has 1 aromatic rings. The lowest BCUT2D eigenvalue weighted by molar-refractivity contribution is -0.0439. The number of aromatic nitrogens is 1. The zero-order chi connectivity index (χ0) is 13.1. The highest BCUT2D eigenvalue weighted by atomic mass is 32.1. The lowest BCUT2D eigenvalue weighted by Gasteiger charge is -2.33. The first kappa shape index (κ1) is 13.3. The predicted molar refractivity (Wildman–Crippen MR) is 75.8 cm³/mol. The summed E-state index contributed by atoms with van der Waals surface area (Å²) in [4.78, 5) is 8.83. The summed E-state index contributed by atoms with van der Waals surface area (Å²) < 4.78 is 5.61. The topological polar surface area (TPSA) is 48.8 Å². The maximum absolute atomic E-state index is 10.8. The van der Waals surface area contributed by atoms with Gasteiger partial charge in [0.25, 0.3) is 0 Å². The molecular weight excluding hydrogens is 262 g/mol. The Labute approximate surface area is 117 Å². The van der Waals surface area contributed by atoms with Crippen LogP contribution in [-0.4, -0.2) is 66.5 Å². The monoisotopic (exact) mass is 283 g/mol. The quantitative estimate of drug-likeness (QED) is 0.889. The number of likely N-dealkylation sites (tertiary alicyclic amines) is 1. The smallest absolute Gasteiger partial charge is 0.185 e. The van der Waals surface area contributed by atoms with Crippen molar-refractivity contribution in [1.82, 2.24) is 9.88 Å². The second-order valence-electron chi connectivity index (χ2n) is 5.50. The molecule has 0 spiro atoms. The molecule has 2 saturated heterocycles. The van der Waals surface area contributed by atoms with Gasteiger partial charge >= 0.3 is 0 Å². The maximum Gasteiger partial charge on any atom is 0.185 e. The van der Waals surface area contributed by atoms with Gasteiger partial charge < -0.3 is 19.6 Å². The average Bonchev–Trinajstić information content (AvgIpc) is 3.03. The van der Waals surface area contributed by atoms with Crippen molar-refractivity contribution in [3.05, 3.63) is 11.6 Å². The molecule has 19 heavy (non-hydrogen) atoms. The van der Waals surface area contributed by atoms with E-state index in [1.807, 2.05) is 11.6 Å². The van der Waals surface area contributed by atoms with Gasteiger partial charge in [-0.05, 0) is 25.9 Å². The third kappa shape index (κ3) is 3.25. The molecule has 0 saturated carbocycles. The van der Waals surface area contributed by atoms with E-state index in [0.29, 0.717) is 26.3 Å². The van der Waals surface area contributed by atoms with Gasteiger partial charge in [-0.1, -0.05) is 0 Å². The zero-order valence-electron chi connectivity index (χ0n) is 11.1. The van der Waals surface area contributed by atoms with Crippen LogP contribution in [0.4, 0.5) is 5.13 Å². The van der Waals surface area contributed by atoms with Gasteiger partial charge in [-0.2, -0.15) is 0 Å². The first-order valence-electron chi connectivity index (χ1n) is 6.92. The lowest BCUT2D eigenvalue weighted by Crippen LogP contribution is -2.52. The number of nitrogens with zero attached hydrogens (tertiary/aromatic N) is 3. The van der Waals surface area contributed by atoms with Crippen LogP contribution >= 0.6 is 11.3 Å². The minimum absolute atomic E-state index is 0.422. The van der Waals surface area contributed by atoms with Crippen LogP contribution in [0, 0.1) is 0 Å². The molecule has 0 radical (unpaired) electrons. The van der Waals surface area contributed by atoms with Crippen LogP contribution in [0.1, 0.15) is 12.8 Å². The minimum atomic E-state index is -0.785. The molecule has 0 aromatic carbocycles. The van der Waals surface area contributed by atoms with E-state index in [1.165, 1.54) is 12.8 Å². The van der Waals surface area contributed by atoms with Crippen molar-refractivity contribution in [1.29, 1.82) is 0 Å². The highest BCUT2D eigenvalue weighted by Gasteiger charge is 2.35. The second kappa shape index (κ2) is 5.75. The largest absolute Gasteiger partial charge is 0.384 e. The Morgan fingerprint density at radius 3 is 2.95 bits per heavy atom. The molecule has 106 valence electrons. The number of hydrogen-bond acceptors (Lipinski definition) is 6. The summed E-state index contributed by atoms with van der Waals surface area (Å²) in [5.41, 5.74) is -0.785. The summed E-state index contributed by atoms with van der Waals surface area (Å²) in [7, 11) is 0. The molecule has 0 bridgehead atoms. The van der Waals surface area contributed by atoms with Gasteiger partial charge in [0.1, 0.15) is 5.60 Å². The van der Waals surface area contributed by atoms with Gasteiger partial charge in [0.05, 0.1) is 19.8 Å². The molecule has 5 nitrogen and oxygen atoms in total. The number of thiazole rings is 1. The summed E-state index contributed by atoms with van der Waals surface area (Å²) in [5.74, 6) is 0. The first-order chi connectivity index (χ1) is 9.25. The second-order valence-corrected chi connectivity index (χ2v) is 6.37. The Kier molecular flexibility index (Phi) is 4.02. The van der Waals surface area contributed by atoms with Crippen molar-refractivity contribution >= 4 is 16.5 Å². The molecule has 0 unspecified atom stereocenters. The Balaban J connectivity index is 1.68. The number of β-amino-alcohol motifs (C(OH)–C–C–N with tert-alkyl or cyclic N) is 1. The third-order valence-electron chi connectivity index (χ3n) is 3.77. The van der Waals surface area contributed by atoms with E-state index in [-0.39, 0.29) is 0 Å². The van der Waals surface area contributed by atoms with E-state index in [0.717, 1.165) is 24.8 Å². The van der Waals surface area contributed by atoms with Crippen molar-refractivity contribution in [2.75, 3.05) is 50.8 Å². The number of rotatable bonds is 3. The molecule has 6 heteroatoms. The molecule has 2 fully saturated rings. The maximum atomic E-state index is 10.8. The number of anilines is 1. The Hall–Kier alpha value is -0.690.